The van der Waals surface area contributed by atoms with Crippen molar-refractivity contribution in [1.82, 2.24) is 10.3 Å². The van der Waals surface area contributed by atoms with Gasteiger partial charge in [0.1, 0.15) is 12.0 Å². The Morgan fingerprint density at radius 1 is 1.07 bits per heavy atom. The lowest BCUT2D eigenvalue weighted by molar-refractivity contribution is 0.0919. The second-order valence-corrected chi connectivity index (χ2v) is 7.45. The third kappa shape index (κ3) is 3.87. The number of nitrogens with zero attached hydrogens (tertiary/aromatic N) is 2. The monoisotopic (exact) mass is 387 g/mol. The largest absolute Gasteiger partial charge is 0.380 e. The number of rotatable bonds is 5. The second-order valence-electron chi connectivity index (χ2n) is 7.45. The maximum Gasteiger partial charge on any atom is 0.257 e. The van der Waals surface area contributed by atoms with Crippen molar-refractivity contribution in [3.8, 4) is 0 Å². The molecule has 4 rings (SSSR count). The molecule has 1 atom stereocenters. The number of amides is 1. The number of nitrogens with one attached hydrogen (secondary N) is 1. The van der Waals surface area contributed by atoms with E-state index in [9.17, 15) is 4.79 Å². The minimum atomic E-state index is -0.291. The molecule has 1 aliphatic heterocycles. The number of ether oxygens (including phenoxy) is 1. The van der Waals surface area contributed by atoms with Crippen LogP contribution in [0, 0.1) is 13.8 Å². The highest BCUT2D eigenvalue weighted by Crippen LogP contribution is 2.35. The van der Waals surface area contributed by atoms with Crippen LogP contribution in [0.1, 0.15) is 44.5 Å². The van der Waals surface area contributed by atoms with Crippen LogP contribution in [-0.2, 0) is 17.9 Å². The Kier molecular flexibility index (Phi) is 5.32. The number of hydrogen-bond donors (Lipinski definition) is 1. The van der Waals surface area contributed by atoms with Crippen LogP contribution in [0.5, 0.6) is 0 Å². The van der Waals surface area contributed by atoms with E-state index in [1.54, 1.807) is 7.11 Å². The summed E-state index contributed by atoms with van der Waals surface area (Å²) in [6.07, 6.45) is -0.291. The van der Waals surface area contributed by atoms with E-state index in [0.29, 0.717) is 24.5 Å². The minimum Gasteiger partial charge on any atom is -0.380 e. The SMILES string of the molecule is COCc1cc(C)nc2c1C(=O)N[C@@H](c1ccc(C)cc1)N2Cc1ccccc1. The number of aryl methyl sites for hydroxylation is 2. The third-order valence-electron chi connectivity index (χ3n) is 5.18. The average Bonchev–Trinajstić information content (AvgIpc) is 2.71. The number of anilines is 1. The van der Waals surface area contributed by atoms with E-state index < -0.39 is 0 Å². The highest BCUT2D eigenvalue weighted by Gasteiger charge is 2.35. The summed E-state index contributed by atoms with van der Waals surface area (Å²) >= 11 is 0. The van der Waals surface area contributed by atoms with E-state index in [4.69, 9.17) is 9.72 Å². The van der Waals surface area contributed by atoms with Gasteiger partial charge >= 0.3 is 0 Å². The topological polar surface area (TPSA) is 54.5 Å². The highest BCUT2D eigenvalue weighted by atomic mass is 16.5. The Bertz CT molecular complexity index is 1020. The van der Waals surface area contributed by atoms with Crippen LogP contribution >= 0.6 is 0 Å². The molecule has 0 radical (unpaired) electrons. The first kappa shape index (κ1) is 19.2. The van der Waals surface area contributed by atoms with Gasteiger partial charge < -0.3 is 15.0 Å². The van der Waals surface area contributed by atoms with Gasteiger partial charge in [0.25, 0.3) is 5.91 Å². The van der Waals surface area contributed by atoms with E-state index in [0.717, 1.165) is 22.4 Å². The molecule has 2 heterocycles. The van der Waals surface area contributed by atoms with Crippen molar-refractivity contribution in [3.05, 3.63) is 94.2 Å². The zero-order valence-corrected chi connectivity index (χ0v) is 17.0. The fraction of sp³-hybridized carbons (Fsp3) is 0.250. The molecule has 1 aromatic heterocycles. The van der Waals surface area contributed by atoms with Gasteiger partial charge in [0.15, 0.2) is 0 Å². The number of carbonyl (C=O) groups excluding carboxylic acids is 1. The summed E-state index contributed by atoms with van der Waals surface area (Å²) in [6, 6.07) is 20.4. The molecule has 3 aromatic rings. The van der Waals surface area contributed by atoms with Gasteiger partial charge in [0.05, 0.1) is 12.2 Å². The Morgan fingerprint density at radius 3 is 2.48 bits per heavy atom. The number of pyridine rings is 1. The van der Waals surface area contributed by atoms with Crippen molar-refractivity contribution in [3.63, 3.8) is 0 Å². The summed E-state index contributed by atoms with van der Waals surface area (Å²) in [4.78, 5) is 20.1. The predicted molar refractivity (Wildman–Crippen MR) is 114 cm³/mol. The lowest BCUT2D eigenvalue weighted by atomic mass is 10.0. The molecule has 29 heavy (non-hydrogen) atoms. The molecule has 0 saturated heterocycles. The van der Waals surface area contributed by atoms with Gasteiger partial charge in [0, 0.05) is 19.3 Å². The Hall–Kier alpha value is -3.18. The molecule has 1 aliphatic rings. The first-order valence-electron chi connectivity index (χ1n) is 9.74. The third-order valence-corrected chi connectivity index (χ3v) is 5.18. The van der Waals surface area contributed by atoms with Gasteiger partial charge in [-0.2, -0.15) is 0 Å². The van der Waals surface area contributed by atoms with E-state index in [1.807, 2.05) is 31.2 Å². The van der Waals surface area contributed by atoms with Crippen molar-refractivity contribution in [2.45, 2.75) is 33.2 Å². The van der Waals surface area contributed by atoms with Gasteiger partial charge in [-0.3, -0.25) is 4.79 Å². The predicted octanol–water partition coefficient (Wildman–Crippen LogP) is 4.29. The molecule has 0 unspecified atom stereocenters. The molecule has 5 nitrogen and oxygen atoms in total. The number of methoxy groups -OCH3 is 1. The molecule has 0 spiro atoms. The summed E-state index contributed by atoms with van der Waals surface area (Å²) in [5, 5.41) is 3.19. The Labute approximate surface area is 171 Å². The van der Waals surface area contributed by atoms with Crippen molar-refractivity contribution < 1.29 is 9.53 Å². The van der Waals surface area contributed by atoms with E-state index in [2.05, 4.69) is 53.5 Å². The number of carbonyl (C=O) groups is 1. The van der Waals surface area contributed by atoms with Gasteiger partial charge in [-0.05, 0) is 36.6 Å². The normalized spacial score (nSPS) is 15.8. The molecule has 0 fully saturated rings. The van der Waals surface area contributed by atoms with Crippen molar-refractivity contribution in [2.75, 3.05) is 12.0 Å². The zero-order chi connectivity index (χ0) is 20.4. The molecule has 1 amide bonds. The maximum atomic E-state index is 13.1. The van der Waals surface area contributed by atoms with Crippen molar-refractivity contribution >= 4 is 11.7 Å². The molecule has 5 heteroatoms. The maximum absolute atomic E-state index is 13.1. The van der Waals surface area contributed by atoms with E-state index >= 15 is 0 Å². The van der Waals surface area contributed by atoms with Crippen LogP contribution < -0.4 is 10.2 Å². The van der Waals surface area contributed by atoms with Gasteiger partial charge in [-0.15, -0.1) is 0 Å². The summed E-state index contributed by atoms with van der Waals surface area (Å²) in [6.45, 7) is 5.01. The van der Waals surface area contributed by atoms with Crippen molar-refractivity contribution in [1.29, 1.82) is 0 Å². The van der Waals surface area contributed by atoms with E-state index in [-0.39, 0.29) is 12.1 Å². The van der Waals surface area contributed by atoms with Crippen LogP contribution in [-0.4, -0.2) is 18.0 Å². The first-order valence-corrected chi connectivity index (χ1v) is 9.74. The van der Waals surface area contributed by atoms with Gasteiger partial charge in [0.2, 0.25) is 0 Å². The quantitative estimate of drug-likeness (QED) is 0.709. The van der Waals surface area contributed by atoms with Gasteiger partial charge in [-0.1, -0.05) is 60.2 Å². The molecule has 0 aliphatic carbocycles. The Morgan fingerprint density at radius 2 is 1.79 bits per heavy atom. The molecule has 1 N–H and O–H groups in total. The minimum absolute atomic E-state index is 0.116. The van der Waals surface area contributed by atoms with Crippen LogP contribution in [0.15, 0.2) is 60.7 Å². The Balaban J connectivity index is 1.85. The highest BCUT2D eigenvalue weighted by molar-refractivity contribution is 6.02. The molecule has 0 bridgehead atoms. The fourth-order valence-corrected chi connectivity index (χ4v) is 3.80. The zero-order valence-electron chi connectivity index (χ0n) is 17.0. The lowest BCUT2D eigenvalue weighted by Crippen LogP contribution is -2.47. The number of fused-ring (bicyclic) bond motifs is 1. The summed E-state index contributed by atoms with van der Waals surface area (Å²) in [5.74, 6) is 0.588. The first-order chi connectivity index (χ1) is 14.1. The molecular weight excluding hydrogens is 362 g/mol. The standard InChI is InChI=1S/C24H25N3O2/c1-16-9-11-19(12-10-16)22-26-24(28)21-20(15-29-3)13-17(2)25-23(21)27(22)14-18-7-5-4-6-8-18/h4-13,22H,14-15H2,1-3H3,(H,26,28)/t22-/m1/s1. The number of hydrogen-bond acceptors (Lipinski definition) is 4. The van der Waals surface area contributed by atoms with Crippen LogP contribution in [0.2, 0.25) is 0 Å². The smallest absolute Gasteiger partial charge is 0.257 e. The molecule has 148 valence electrons. The fourth-order valence-electron chi connectivity index (χ4n) is 3.80. The molecular formula is C24H25N3O2. The summed E-state index contributed by atoms with van der Waals surface area (Å²) < 4.78 is 5.35. The second kappa shape index (κ2) is 8.05. The van der Waals surface area contributed by atoms with Crippen LogP contribution in [0.25, 0.3) is 0 Å². The number of benzene rings is 2. The molecule has 2 aromatic carbocycles. The van der Waals surface area contributed by atoms with Gasteiger partial charge in [-0.25, -0.2) is 4.98 Å². The average molecular weight is 387 g/mol. The summed E-state index contributed by atoms with van der Waals surface area (Å²) in [7, 11) is 1.64. The van der Waals surface area contributed by atoms with Crippen molar-refractivity contribution in [2.24, 2.45) is 0 Å². The summed E-state index contributed by atoms with van der Waals surface area (Å²) in [5.41, 5.74) is 5.68. The van der Waals surface area contributed by atoms with Crippen LogP contribution in [0.4, 0.5) is 5.82 Å². The number of aromatic nitrogens is 1. The lowest BCUT2D eigenvalue weighted by Gasteiger charge is -2.39. The van der Waals surface area contributed by atoms with Crippen LogP contribution in [0.3, 0.4) is 0 Å². The molecule has 0 saturated carbocycles. The van der Waals surface area contributed by atoms with E-state index in [1.165, 1.54) is 5.56 Å².